The van der Waals surface area contributed by atoms with Crippen molar-refractivity contribution in [2.24, 2.45) is 0 Å². The molecule has 0 bridgehead atoms. The number of allylic oxidation sites excluding steroid dienone is 2. The van der Waals surface area contributed by atoms with E-state index in [0.29, 0.717) is 59.8 Å². The summed E-state index contributed by atoms with van der Waals surface area (Å²) >= 11 is 10.1. The summed E-state index contributed by atoms with van der Waals surface area (Å²) in [5, 5.41) is 4.62. The summed E-state index contributed by atoms with van der Waals surface area (Å²) in [4.78, 5) is 12.2. The Labute approximate surface area is 232 Å². The molecule has 0 saturated carbocycles. The van der Waals surface area contributed by atoms with Crippen molar-refractivity contribution in [3.05, 3.63) is 102 Å². The Bertz CT molecular complexity index is 1080. The molecule has 0 nitrogen and oxygen atoms in total. The van der Waals surface area contributed by atoms with Gasteiger partial charge in [-0.05, 0) is 0 Å². The second kappa shape index (κ2) is 11.6. The van der Waals surface area contributed by atoms with Crippen LogP contribution < -0.4 is 0 Å². The molecule has 0 amide bonds. The van der Waals surface area contributed by atoms with Crippen LogP contribution in [0.15, 0.2) is 80.0 Å². The van der Waals surface area contributed by atoms with Crippen molar-refractivity contribution in [2.75, 3.05) is 0 Å². The molecule has 4 aliphatic rings. The maximum absolute atomic E-state index is 2.37. The molecular weight excluding hydrogens is 732 g/mol. The average molecular weight is 751 g/mol. The van der Waals surface area contributed by atoms with Crippen LogP contribution in [0.3, 0.4) is 0 Å². The molecular formula is C24H18S4Se4. The first kappa shape index (κ1) is 24.3. The van der Waals surface area contributed by atoms with E-state index in [4.69, 9.17) is 0 Å². The predicted molar refractivity (Wildman–Crippen MR) is 156 cm³/mol. The van der Waals surface area contributed by atoms with Crippen molar-refractivity contribution < 1.29 is 0 Å². The zero-order valence-electron chi connectivity index (χ0n) is 17.2. The third kappa shape index (κ3) is 6.05. The first-order valence-electron chi connectivity index (χ1n) is 9.68. The van der Waals surface area contributed by atoms with Crippen LogP contribution in [0.25, 0.3) is 12.2 Å². The fourth-order valence-corrected chi connectivity index (χ4v) is 19.5. The van der Waals surface area contributed by atoms with E-state index < -0.39 is 0 Å². The van der Waals surface area contributed by atoms with Crippen LogP contribution in [0.4, 0.5) is 0 Å². The molecule has 0 spiro atoms. The molecule has 162 valence electrons. The van der Waals surface area contributed by atoms with Crippen molar-refractivity contribution in [1.29, 1.82) is 0 Å². The van der Waals surface area contributed by atoms with Gasteiger partial charge in [0.15, 0.2) is 0 Å². The second-order valence-corrected chi connectivity index (χ2v) is 21.6. The van der Waals surface area contributed by atoms with Crippen LogP contribution in [0.2, 0.25) is 0 Å². The molecule has 0 saturated heterocycles. The molecule has 0 radical (unpaired) electrons. The summed E-state index contributed by atoms with van der Waals surface area (Å²) in [6.07, 6.45) is 9.15. The molecule has 0 aromatic heterocycles. The van der Waals surface area contributed by atoms with Gasteiger partial charge in [-0.15, -0.1) is 0 Å². The van der Waals surface area contributed by atoms with Crippen LogP contribution in [0, 0.1) is 13.8 Å². The van der Waals surface area contributed by atoms with Gasteiger partial charge in [0, 0.05) is 0 Å². The molecule has 0 unspecified atom stereocenters. The third-order valence-corrected chi connectivity index (χ3v) is 23.4. The van der Waals surface area contributed by atoms with Gasteiger partial charge in [-0.3, -0.25) is 0 Å². The zero-order valence-corrected chi connectivity index (χ0v) is 27.3. The Morgan fingerprint density at radius 2 is 1.00 bits per heavy atom. The molecule has 32 heavy (non-hydrogen) atoms. The quantitative estimate of drug-likeness (QED) is 0.304. The maximum atomic E-state index is 2.37. The molecule has 1 aromatic rings. The van der Waals surface area contributed by atoms with Crippen LogP contribution in [-0.4, -0.2) is 59.8 Å². The van der Waals surface area contributed by atoms with Crippen molar-refractivity contribution in [2.45, 2.75) is 13.8 Å². The van der Waals surface area contributed by atoms with Gasteiger partial charge >= 0.3 is 235 Å². The van der Waals surface area contributed by atoms with Gasteiger partial charge < -0.3 is 0 Å². The van der Waals surface area contributed by atoms with E-state index in [1.54, 1.807) is 6.74 Å². The molecule has 1 aromatic carbocycles. The van der Waals surface area contributed by atoms with Crippen molar-refractivity contribution in [3.8, 4) is 0 Å². The van der Waals surface area contributed by atoms with Gasteiger partial charge in [-0.2, -0.15) is 0 Å². The standard InChI is InChI=1S/C24H18S4Se4/c1-15-11-18(4-6-20-14-26-22(28-20)24-31-9-10-32-24)16(2)12-17(15)3-5-19-13-25-21(27-19)23-29-7-8-30-23/h3-14H,1-2H3/b5-3+,6-4+. The summed E-state index contributed by atoms with van der Waals surface area (Å²) < 4.78 is 6.46. The number of hydrogen-bond donors (Lipinski definition) is 0. The molecule has 5 rings (SSSR count). The summed E-state index contributed by atoms with van der Waals surface area (Å²) in [7, 11) is 0. The summed E-state index contributed by atoms with van der Waals surface area (Å²) in [5.41, 5.74) is 5.30. The van der Waals surface area contributed by atoms with Crippen LogP contribution in [0.5, 0.6) is 0 Å². The minimum absolute atomic E-state index is 0.596. The molecule has 8 heteroatoms. The third-order valence-electron chi connectivity index (χ3n) is 4.64. The van der Waals surface area contributed by atoms with Crippen molar-refractivity contribution in [3.63, 3.8) is 0 Å². The molecule has 4 aliphatic heterocycles. The Hall–Kier alpha value is 0.618. The number of benzene rings is 1. The van der Waals surface area contributed by atoms with E-state index in [2.05, 4.69) is 81.0 Å². The Kier molecular flexibility index (Phi) is 8.79. The van der Waals surface area contributed by atoms with Gasteiger partial charge in [0.05, 0.1) is 0 Å². The number of aryl methyl sites for hydroxylation is 2. The Morgan fingerprint density at radius 1 is 0.594 bits per heavy atom. The predicted octanol–water partition coefficient (Wildman–Crippen LogP) is 7.01. The Morgan fingerprint density at radius 3 is 1.41 bits per heavy atom. The van der Waals surface area contributed by atoms with E-state index in [0.717, 1.165) is 0 Å². The molecule has 4 heterocycles. The fourth-order valence-electron chi connectivity index (χ4n) is 3.03. The van der Waals surface area contributed by atoms with Crippen LogP contribution >= 0.6 is 47.0 Å². The number of thioether (sulfide) groups is 4. The summed E-state index contributed by atoms with van der Waals surface area (Å²) in [6, 6.07) is 4.66. The fraction of sp³-hybridized carbons (Fsp3) is 0.0833. The van der Waals surface area contributed by atoms with E-state index in [9.17, 15) is 0 Å². The van der Waals surface area contributed by atoms with Gasteiger partial charge in [0.1, 0.15) is 0 Å². The second-order valence-electron chi connectivity index (χ2n) is 6.88. The van der Waals surface area contributed by atoms with Crippen molar-refractivity contribution in [1.82, 2.24) is 0 Å². The van der Waals surface area contributed by atoms with Gasteiger partial charge in [0.25, 0.3) is 0 Å². The first-order chi connectivity index (χ1) is 15.7. The van der Waals surface area contributed by atoms with E-state index in [-0.39, 0.29) is 0 Å². The van der Waals surface area contributed by atoms with E-state index in [1.165, 1.54) is 40.5 Å². The minimum atomic E-state index is 0.596. The molecule has 0 fully saturated rings. The number of rotatable bonds is 4. The van der Waals surface area contributed by atoms with Crippen LogP contribution in [-0.2, 0) is 0 Å². The monoisotopic (exact) mass is 754 g/mol. The molecule has 0 aliphatic carbocycles. The van der Waals surface area contributed by atoms with Gasteiger partial charge in [0.2, 0.25) is 0 Å². The SMILES string of the molecule is Cc1cc(/C=C/C2=CSC(=C3[Se]C=C[Se]3)S2)c(C)cc1/C=C/C1=CSC(=C2[Se]C=C[Se]2)S1. The molecule has 0 atom stereocenters. The average Bonchev–Trinajstić information content (AvgIpc) is 3.59. The van der Waals surface area contributed by atoms with E-state index in [1.807, 2.05) is 47.0 Å². The summed E-state index contributed by atoms with van der Waals surface area (Å²) in [6.45, 7) is 4.45. The van der Waals surface area contributed by atoms with Crippen LogP contribution in [0.1, 0.15) is 22.3 Å². The Balaban J connectivity index is 1.24. The van der Waals surface area contributed by atoms with Gasteiger partial charge in [-0.1, -0.05) is 0 Å². The topological polar surface area (TPSA) is 0 Å². The van der Waals surface area contributed by atoms with Crippen molar-refractivity contribution >= 4 is 119 Å². The normalized spacial score (nSPS) is 20.7. The van der Waals surface area contributed by atoms with Gasteiger partial charge in [-0.25, -0.2) is 0 Å². The zero-order chi connectivity index (χ0) is 21.9. The first-order valence-corrected chi connectivity index (χ1v) is 20.5. The summed E-state index contributed by atoms with van der Waals surface area (Å²) in [5.74, 6) is 0. The van der Waals surface area contributed by atoms with E-state index >= 15 is 0 Å². The molecule has 0 N–H and O–H groups in total. The number of hydrogen-bond acceptors (Lipinski definition) is 4.